The summed E-state index contributed by atoms with van der Waals surface area (Å²) in [5.74, 6) is 0.250. The number of ether oxygens (including phenoxy) is 2. The summed E-state index contributed by atoms with van der Waals surface area (Å²) in [6.07, 6.45) is 9.27. The molecule has 64 heavy (non-hydrogen) atoms. The highest BCUT2D eigenvalue weighted by atomic mass is 19.3. The third-order valence-electron chi connectivity index (χ3n) is 14.0. The number of fused-ring (bicyclic) bond motifs is 3. The highest BCUT2D eigenvalue weighted by Gasteiger charge is 2.41. The van der Waals surface area contributed by atoms with E-state index in [1.54, 1.807) is 19.3 Å². The molecule has 1 aromatic heterocycles. The quantitative estimate of drug-likeness (QED) is 0.0974. The smallest absolute Gasteiger partial charge is 0.329 e. The molecule has 0 radical (unpaired) electrons. The topological polar surface area (TPSA) is 214 Å². The maximum atomic E-state index is 13.8. The zero-order valence-electron chi connectivity index (χ0n) is 35.9. The number of hydrogen-bond acceptors (Lipinski definition) is 14. The second-order valence-electron chi connectivity index (χ2n) is 18.0. The molecular weight excluding hydrogens is 831 g/mol. The number of halogens is 2. The average molecular weight is 887 g/mol. The SMILES string of the molecule is Cn1c(=O)n(C2CCC(=O)NC2=O)c2cccc(O[C@H]3C[C@H](N4CCN(C[C@H]5CC[C@H](N/C=C(\NC(=O)/C(C=N)=C6\N=C(N7C[C@H]8CC7CO8)C=CN6)C(=N)C(F)F)CC5)CC4)C3)c21. The molecule has 2 unspecified atom stereocenters. The lowest BCUT2D eigenvalue weighted by Gasteiger charge is -2.46. The first kappa shape index (κ1) is 43.5. The summed E-state index contributed by atoms with van der Waals surface area (Å²) in [5, 5.41) is 26.9. The van der Waals surface area contributed by atoms with Gasteiger partial charge >= 0.3 is 5.69 Å². The lowest BCUT2D eigenvalue weighted by Crippen LogP contribution is -2.56. The molecule has 2 aromatic rings. The van der Waals surface area contributed by atoms with Gasteiger partial charge in [-0.3, -0.25) is 39.1 Å². The Balaban J connectivity index is 0.725. The lowest BCUT2D eigenvalue weighted by atomic mass is 9.85. The highest BCUT2D eigenvalue weighted by Crippen LogP contribution is 2.35. The summed E-state index contributed by atoms with van der Waals surface area (Å²) >= 11 is 0. The van der Waals surface area contributed by atoms with Gasteiger partial charge in [-0.2, -0.15) is 0 Å². The van der Waals surface area contributed by atoms with Crippen molar-refractivity contribution in [3.8, 4) is 5.75 Å². The number of allylic oxidation sites excluding steroid dienone is 1. The third kappa shape index (κ3) is 8.86. The molecule has 3 atom stereocenters. The van der Waals surface area contributed by atoms with E-state index in [4.69, 9.17) is 20.3 Å². The minimum atomic E-state index is -3.11. The van der Waals surface area contributed by atoms with E-state index in [-0.39, 0.29) is 65.8 Å². The number of amides is 3. The van der Waals surface area contributed by atoms with Gasteiger partial charge in [0, 0.05) is 96.3 Å². The number of aryl methyl sites for hydroxylation is 1. The second kappa shape index (κ2) is 18.4. The van der Waals surface area contributed by atoms with Crippen molar-refractivity contribution >= 4 is 46.5 Å². The van der Waals surface area contributed by atoms with Crippen LogP contribution >= 0.6 is 0 Å². The fourth-order valence-electron chi connectivity index (χ4n) is 10.3. The monoisotopic (exact) mass is 886 g/mol. The van der Waals surface area contributed by atoms with Crippen LogP contribution in [-0.2, 0) is 26.2 Å². The first-order valence-electron chi connectivity index (χ1n) is 22.4. The van der Waals surface area contributed by atoms with Crippen LogP contribution in [0.15, 0.2) is 63.6 Å². The number of morpholine rings is 1. The van der Waals surface area contributed by atoms with Crippen LogP contribution in [0.3, 0.4) is 0 Å². The maximum absolute atomic E-state index is 13.8. The Morgan fingerprint density at radius 1 is 1.06 bits per heavy atom. The van der Waals surface area contributed by atoms with Crippen molar-refractivity contribution in [3.05, 3.63) is 64.3 Å². The van der Waals surface area contributed by atoms with Gasteiger partial charge in [0.15, 0.2) is 0 Å². The van der Waals surface area contributed by atoms with Crippen LogP contribution in [0.5, 0.6) is 5.75 Å². The van der Waals surface area contributed by atoms with Crippen LogP contribution in [0.2, 0.25) is 0 Å². The van der Waals surface area contributed by atoms with E-state index in [1.165, 1.54) is 15.3 Å². The minimum absolute atomic E-state index is 0.000925. The number of likely N-dealkylation sites (tertiary alicyclic amines) is 1. The maximum Gasteiger partial charge on any atom is 0.329 e. The summed E-state index contributed by atoms with van der Waals surface area (Å²) in [6, 6.07) is 5.35. The third-order valence-corrected chi connectivity index (χ3v) is 14.0. The van der Waals surface area contributed by atoms with Crippen molar-refractivity contribution < 1.29 is 32.6 Å². The Kier molecular flexibility index (Phi) is 12.5. The van der Waals surface area contributed by atoms with Gasteiger partial charge in [0.2, 0.25) is 11.8 Å². The summed E-state index contributed by atoms with van der Waals surface area (Å²) in [6.45, 7) is 6.14. The van der Waals surface area contributed by atoms with E-state index < -0.39 is 30.0 Å². The predicted molar refractivity (Wildman–Crippen MR) is 233 cm³/mol. The number of imidazole rings is 1. The molecule has 4 saturated heterocycles. The molecule has 6 heterocycles. The molecule has 5 aliphatic heterocycles. The number of imide groups is 1. The largest absolute Gasteiger partial charge is 0.488 e. The number of aliphatic imine (C=N–C) groups is 1. The van der Waals surface area contributed by atoms with E-state index in [0.717, 1.165) is 83.9 Å². The van der Waals surface area contributed by atoms with Crippen LogP contribution in [0.1, 0.15) is 63.8 Å². The van der Waals surface area contributed by atoms with Crippen molar-refractivity contribution in [1.82, 2.24) is 45.1 Å². The molecule has 2 bridgehead atoms. The molecule has 342 valence electrons. The number of nitrogens with zero attached hydrogens (tertiary/aromatic N) is 6. The summed E-state index contributed by atoms with van der Waals surface area (Å²) in [5.41, 5.74) is -0.593. The average Bonchev–Trinajstić information content (AvgIpc) is 3.99. The first-order chi connectivity index (χ1) is 30.9. The van der Waals surface area contributed by atoms with Crippen LogP contribution in [0, 0.1) is 16.7 Å². The van der Waals surface area contributed by atoms with Crippen molar-refractivity contribution in [2.45, 2.75) is 101 Å². The van der Waals surface area contributed by atoms with Crippen LogP contribution < -0.4 is 31.7 Å². The van der Waals surface area contributed by atoms with Gasteiger partial charge in [0.25, 0.3) is 12.3 Å². The standard InChI is InChI=1S/C44H56F2N12O6/c1-54-39-33(58(44(54)62)34-9-10-37(59)53-43(34)61)3-2-4-35(39)64-29-17-27(18-29)56-15-13-55(14-16-56)22-25-5-7-26(8-6-25)50-21-32(38(48)40(45)46)51-42(60)31(20-47)41-49-12-11-36(52-41)57-23-30-19-28(57)24-63-30/h2-4,11-12,20-21,25-30,34,40,47-50H,5-10,13-19,22-24H2,1H3,(H,51,60)(H,53,59,61)/b32-21-,41-31-,47-20?,48-38?/t25-,26-,27-,28?,29-,30-,34?/m1/s1. The molecule has 0 spiro atoms. The number of hydrogen-bond donors (Lipinski definition) is 6. The minimum Gasteiger partial charge on any atom is -0.488 e. The zero-order chi connectivity index (χ0) is 44.6. The molecule has 2 aliphatic carbocycles. The molecule has 7 aliphatic rings. The van der Waals surface area contributed by atoms with Gasteiger partial charge in [0.05, 0.1) is 35.5 Å². The van der Waals surface area contributed by atoms with Gasteiger partial charge in [-0.05, 0) is 62.7 Å². The summed E-state index contributed by atoms with van der Waals surface area (Å²) in [7, 11) is 1.68. The number of alkyl halides is 2. The fourth-order valence-corrected chi connectivity index (χ4v) is 10.3. The van der Waals surface area contributed by atoms with E-state index in [2.05, 4.69) is 41.0 Å². The molecule has 6 fully saturated rings. The van der Waals surface area contributed by atoms with E-state index in [9.17, 15) is 28.0 Å². The van der Waals surface area contributed by atoms with Gasteiger partial charge in [-0.1, -0.05) is 6.07 Å². The molecule has 20 heteroatoms. The Morgan fingerprint density at radius 2 is 1.84 bits per heavy atom. The Bertz CT molecular complexity index is 2370. The van der Waals surface area contributed by atoms with Gasteiger partial charge in [-0.25, -0.2) is 18.6 Å². The van der Waals surface area contributed by atoms with E-state index in [1.807, 2.05) is 18.2 Å². The number of rotatable bonds is 13. The lowest BCUT2D eigenvalue weighted by molar-refractivity contribution is -0.135. The second-order valence-corrected chi connectivity index (χ2v) is 18.0. The van der Waals surface area contributed by atoms with Crippen molar-refractivity contribution in [2.75, 3.05) is 45.9 Å². The molecule has 3 amide bonds. The first-order valence-corrected chi connectivity index (χ1v) is 22.4. The number of piperazine rings is 1. The Hall–Kier alpha value is -5.73. The van der Waals surface area contributed by atoms with Crippen molar-refractivity contribution in [2.24, 2.45) is 18.0 Å². The van der Waals surface area contributed by atoms with Crippen LogP contribution in [0.25, 0.3) is 11.0 Å². The molecule has 2 saturated carbocycles. The number of nitrogens with one attached hydrogen (secondary N) is 6. The number of aromatic nitrogens is 2. The van der Waals surface area contributed by atoms with Gasteiger partial charge in [-0.15, -0.1) is 0 Å². The van der Waals surface area contributed by atoms with Crippen molar-refractivity contribution in [1.29, 1.82) is 10.8 Å². The van der Waals surface area contributed by atoms with Gasteiger partial charge in [0.1, 0.15) is 40.8 Å². The number of piperidine rings is 1. The number of amidine groups is 1. The number of para-hydroxylation sites is 1. The van der Waals surface area contributed by atoms with E-state index >= 15 is 0 Å². The normalized spacial score (nSPS) is 29.6. The van der Waals surface area contributed by atoms with Gasteiger partial charge < -0.3 is 40.6 Å². The summed E-state index contributed by atoms with van der Waals surface area (Å²) < 4.78 is 42.8. The molecular formula is C44H56F2N12O6. The number of benzene rings is 1. The van der Waals surface area contributed by atoms with Crippen LogP contribution in [-0.4, -0.2) is 142 Å². The highest BCUT2D eigenvalue weighted by molar-refractivity contribution is 6.15. The summed E-state index contributed by atoms with van der Waals surface area (Å²) in [4.78, 5) is 62.9. The van der Waals surface area contributed by atoms with Crippen molar-refractivity contribution in [3.63, 3.8) is 0 Å². The fraction of sp³-hybridized carbons (Fsp3) is 0.568. The Labute approximate surface area is 368 Å². The molecule has 9 rings (SSSR count). The van der Waals surface area contributed by atoms with Crippen LogP contribution in [0.4, 0.5) is 8.78 Å². The molecule has 1 aromatic carbocycles. The van der Waals surface area contributed by atoms with E-state index in [0.29, 0.717) is 47.7 Å². The number of carbonyl (C=O) groups excluding carboxylic acids is 3. The molecule has 6 N–H and O–H groups in total. The Morgan fingerprint density at radius 3 is 2.53 bits per heavy atom. The predicted octanol–water partition coefficient (Wildman–Crippen LogP) is 2.09. The zero-order valence-corrected chi connectivity index (χ0v) is 35.9. The molecule has 18 nitrogen and oxygen atoms in total. The number of carbonyl (C=O) groups is 3.